The number of rotatable bonds is 2. The van der Waals surface area contributed by atoms with Crippen molar-refractivity contribution in [3.63, 3.8) is 0 Å². The van der Waals surface area contributed by atoms with Gasteiger partial charge in [-0.15, -0.1) is 0 Å². The molecule has 2 heteroatoms. The summed E-state index contributed by atoms with van der Waals surface area (Å²) in [6.07, 6.45) is 4.67. The zero-order valence-corrected chi connectivity index (χ0v) is 10.9. The molecule has 0 fully saturated rings. The first-order chi connectivity index (χ1) is 9.34. The van der Waals surface area contributed by atoms with Gasteiger partial charge in [0.05, 0.1) is 0 Å². The molecule has 2 aromatic rings. The van der Waals surface area contributed by atoms with Crippen molar-refractivity contribution >= 4 is 11.6 Å². The Hall–Kier alpha value is -2.09. The maximum absolute atomic E-state index is 12.2. The Morgan fingerprint density at radius 1 is 0.895 bits per heavy atom. The molecule has 1 amide bonds. The van der Waals surface area contributed by atoms with Crippen molar-refractivity contribution in [2.75, 3.05) is 5.32 Å². The first-order valence-corrected chi connectivity index (χ1v) is 6.82. The Bertz CT molecular complexity index is 589. The first-order valence-electron chi connectivity index (χ1n) is 6.82. The van der Waals surface area contributed by atoms with Crippen LogP contribution in [-0.4, -0.2) is 5.91 Å². The lowest BCUT2D eigenvalue weighted by Gasteiger charge is -2.19. The van der Waals surface area contributed by atoms with E-state index in [1.807, 2.05) is 42.5 Å². The van der Waals surface area contributed by atoms with Gasteiger partial charge < -0.3 is 5.32 Å². The molecule has 0 aromatic heterocycles. The van der Waals surface area contributed by atoms with Gasteiger partial charge in [-0.3, -0.25) is 4.79 Å². The number of fused-ring (bicyclic) bond motifs is 1. The zero-order valence-electron chi connectivity index (χ0n) is 10.9. The molecular formula is C17H17NO. The maximum atomic E-state index is 12.2. The molecular weight excluding hydrogens is 234 g/mol. The highest BCUT2D eigenvalue weighted by Gasteiger charge is 2.14. The quantitative estimate of drug-likeness (QED) is 0.863. The van der Waals surface area contributed by atoms with Crippen molar-refractivity contribution in [1.82, 2.24) is 0 Å². The molecule has 0 unspecified atom stereocenters. The van der Waals surface area contributed by atoms with E-state index in [1.165, 1.54) is 24.0 Å². The van der Waals surface area contributed by atoms with Crippen LogP contribution in [0.5, 0.6) is 0 Å². The van der Waals surface area contributed by atoms with E-state index in [2.05, 4.69) is 11.4 Å². The number of benzene rings is 2. The lowest BCUT2D eigenvalue weighted by molar-refractivity contribution is 0.102. The molecule has 0 aliphatic heterocycles. The number of hydrogen-bond donors (Lipinski definition) is 1. The van der Waals surface area contributed by atoms with Crippen molar-refractivity contribution in [1.29, 1.82) is 0 Å². The van der Waals surface area contributed by atoms with Crippen LogP contribution < -0.4 is 5.32 Å². The molecule has 0 spiro atoms. The van der Waals surface area contributed by atoms with Crippen LogP contribution in [0.1, 0.15) is 34.3 Å². The highest BCUT2D eigenvalue weighted by Crippen LogP contribution is 2.28. The largest absolute Gasteiger partial charge is 0.322 e. The number of carbonyl (C=O) groups excluding carboxylic acids is 1. The summed E-state index contributed by atoms with van der Waals surface area (Å²) in [5.74, 6) is -0.0282. The van der Waals surface area contributed by atoms with Gasteiger partial charge in [-0.2, -0.15) is 0 Å². The second-order valence-electron chi connectivity index (χ2n) is 4.97. The Morgan fingerprint density at radius 2 is 1.68 bits per heavy atom. The monoisotopic (exact) mass is 251 g/mol. The van der Waals surface area contributed by atoms with Crippen LogP contribution in [0.4, 0.5) is 5.69 Å². The second-order valence-corrected chi connectivity index (χ2v) is 4.97. The molecule has 3 rings (SSSR count). The van der Waals surface area contributed by atoms with Crippen LogP contribution in [0.25, 0.3) is 0 Å². The third-order valence-corrected chi connectivity index (χ3v) is 3.68. The zero-order chi connectivity index (χ0) is 13.1. The minimum absolute atomic E-state index is 0.0282. The molecule has 1 N–H and O–H groups in total. The second kappa shape index (κ2) is 5.27. The summed E-state index contributed by atoms with van der Waals surface area (Å²) in [4.78, 5) is 12.2. The molecule has 0 atom stereocenters. The number of aryl methyl sites for hydroxylation is 1. The summed E-state index contributed by atoms with van der Waals surface area (Å²) in [6.45, 7) is 0. The highest BCUT2D eigenvalue weighted by molar-refractivity contribution is 6.04. The molecule has 1 aliphatic carbocycles. The summed E-state index contributed by atoms with van der Waals surface area (Å²) in [5.41, 5.74) is 4.39. The topological polar surface area (TPSA) is 29.1 Å². The van der Waals surface area contributed by atoms with Crippen LogP contribution in [0.15, 0.2) is 48.5 Å². The van der Waals surface area contributed by atoms with Crippen LogP contribution in [0, 0.1) is 0 Å². The molecule has 2 aromatic carbocycles. The average molecular weight is 251 g/mol. The van der Waals surface area contributed by atoms with E-state index in [0.717, 1.165) is 18.5 Å². The first kappa shape index (κ1) is 12.0. The summed E-state index contributed by atoms with van der Waals surface area (Å²) >= 11 is 0. The molecule has 96 valence electrons. The van der Waals surface area contributed by atoms with Gasteiger partial charge in [0.2, 0.25) is 0 Å². The number of hydrogen-bond acceptors (Lipinski definition) is 1. The molecule has 0 bridgehead atoms. The van der Waals surface area contributed by atoms with E-state index in [9.17, 15) is 4.79 Å². The fourth-order valence-electron chi connectivity index (χ4n) is 2.68. The molecule has 0 saturated carbocycles. The van der Waals surface area contributed by atoms with Crippen molar-refractivity contribution in [3.8, 4) is 0 Å². The summed E-state index contributed by atoms with van der Waals surface area (Å²) in [6, 6.07) is 15.6. The fraction of sp³-hybridized carbons (Fsp3) is 0.235. The van der Waals surface area contributed by atoms with Crippen molar-refractivity contribution in [3.05, 3.63) is 65.2 Å². The van der Waals surface area contributed by atoms with Crippen LogP contribution in [0.2, 0.25) is 0 Å². The predicted molar refractivity (Wildman–Crippen MR) is 77.5 cm³/mol. The van der Waals surface area contributed by atoms with Crippen molar-refractivity contribution in [2.45, 2.75) is 25.7 Å². The Morgan fingerprint density at radius 3 is 2.53 bits per heavy atom. The highest BCUT2D eigenvalue weighted by atomic mass is 16.1. The van der Waals surface area contributed by atoms with E-state index in [4.69, 9.17) is 0 Å². The van der Waals surface area contributed by atoms with Gasteiger partial charge in [-0.05, 0) is 55.0 Å². The lowest BCUT2D eigenvalue weighted by atomic mass is 9.90. The Kier molecular flexibility index (Phi) is 3.32. The van der Waals surface area contributed by atoms with Gasteiger partial charge >= 0.3 is 0 Å². The molecule has 0 saturated heterocycles. The van der Waals surface area contributed by atoms with Crippen LogP contribution in [-0.2, 0) is 12.8 Å². The fourth-order valence-corrected chi connectivity index (χ4v) is 2.68. The van der Waals surface area contributed by atoms with Crippen LogP contribution >= 0.6 is 0 Å². The van der Waals surface area contributed by atoms with Gasteiger partial charge in [-0.25, -0.2) is 0 Å². The molecule has 19 heavy (non-hydrogen) atoms. The minimum atomic E-state index is -0.0282. The van der Waals surface area contributed by atoms with E-state index in [1.54, 1.807) is 0 Å². The number of anilines is 1. The number of carbonyl (C=O) groups is 1. The Balaban J connectivity index is 1.86. The van der Waals surface area contributed by atoms with Crippen molar-refractivity contribution < 1.29 is 4.79 Å². The molecule has 0 heterocycles. The average Bonchev–Trinajstić information content (AvgIpc) is 2.48. The lowest BCUT2D eigenvalue weighted by Crippen LogP contribution is -2.15. The van der Waals surface area contributed by atoms with E-state index >= 15 is 0 Å². The Labute approximate surface area is 113 Å². The molecule has 2 nitrogen and oxygen atoms in total. The normalized spacial score (nSPS) is 13.7. The van der Waals surface area contributed by atoms with Crippen molar-refractivity contribution in [2.24, 2.45) is 0 Å². The van der Waals surface area contributed by atoms with Gasteiger partial charge in [0.15, 0.2) is 0 Å². The predicted octanol–water partition coefficient (Wildman–Crippen LogP) is 3.82. The van der Waals surface area contributed by atoms with E-state index in [-0.39, 0.29) is 5.91 Å². The van der Waals surface area contributed by atoms with E-state index < -0.39 is 0 Å². The van der Waals surface area contributed by atoms with E-state index in [0.29, 0.717) is 5.56 Å². The summed E-state index contributed by atoms with van der Waals surface area (Å²) in [7, 11) is 0. The smallest absolute Gasteiger partial charge is 0.255 e. The minimum Gasteiger partial charge on any atom is -0.322 e. The third kappa shape index (κ3) is 2.53. The van der Waals surface area contributed by atoms with Gasteiger partial charge in [0.1, 0.15) is 0 Å². The number of amides is 1. The summed E-state index contributed by atoms with van der Waals surface area (Å²) in [5, 5.41) is 3.05. The third-order valence-electron chi connectivity index (χ3n) is 3.68. The number of nitrogens with one attached hydrogen (secondary N) is 1. The summed E-state index contributed by atoms with van der Waals surface area (Å²) < 4.78 is 0. The SMILES string of the molecule is O=C(Nc1cccc2c1CCCC2)c1ccccc1. The van der Waals surface area contributed by atoms with Gasteiger partial charge in [0.25, 0.3) is 5.91 Å². The van der Waals surface area contributed by atoms with Gasteiger partial charge in [-0.1, -0.05) is 30.3 Å². The standard InChI is InChI=1S/C17H17NO/c19-17(14-8-2-1-3-9-14)18-16-12-6-10-13-7-4-5-11-15(13)16/h1-3,6,8-10,12H,4-5,7,11H2,(H,18,19). The van der Waals surface area contributed by atoms with Crippen LogP contribution in [0.3, 0.4) is 0 Å². The molecule has 1 aliphatic rings. The molecule has 0 radical (unpaired) electrons. The van der Waals surface area contributed by atoms with Gasteiger partial charge in [0, 0.05) is 11.3 Å². The maximum Gasteiger partial charge on any atom is 0.255 e.